The Kier molecular flexibility index (Phi) is 3.85. The van der Waals surface area contributed by atoms with E-state index < -0.39 is 17.3 Å². The van der Waals surface area contributed by atoms with Crippen LogP contribution < -0.4 is 0 Å². The molecule has 1 aromatic rings. The molecule has 1 aliphatic carbocycles. The molecule has 1 aromatic carbocycles. The van der Waals surface area contributed by atoms with Gasteiger partial charge in [-0.15, -0.1) is 0 Å². The van der Waals surface area contributed by atoms with Gasteiger partial charge in [0.05, 0.1) is 5.41 Å². The lowest BCUT2D eigenvalue weighted by Crippen LogP contribution is -2.42. The molecule has 0 spiro atoms. The largest absolute Gasteiger partial charge is 0.481 e. The van der Waals surface area contributed by atoms with Crippen LogP contribution in [0.2, 0.25) is 0 Å². The molecule has 0 heterocycles. The Morgan fingerprint density at radius 2 is 1.80 bits per heavy atom. The Labute approximate surface area is 117 Å². The van der Waals surface area contributed by atoms with E-state index in [1.165, 1.54) is 0 Å². The molecule has 110 valence electrons. The molecular formula is C16H20F2O2. The summed E-state index contributed by atoms with van der Waals surface area (Å²) >= 11 is 0. The van der Waals surface area contributed by atoms with E-state index in [1.54, 1.807) is 6.07 Å². The van der Waals surface area contributed by atoms with Crippen molar-refractivity contribution in [1.82, 2.24) is 0 Å². The van der Waals surface area contributed by atoms with E-state index >= 15 is 0 Å². The van der Waals surface area contributed by atoms with Crippen molar-refractivity contribution in [1.29, 1.82) is 0 Å². The summed E-state index contributed by atoms with van der Waals surface area (Å²) in [6, 6.07) is 7.38. The van der Waals surface area contributed by atoms with E-state index in [2.05, 4.69) is 0 Å². The fraction of sp³-hybridized carbons (Fsp3) is 0.562. The molecule has 0 bridgehead atoms. The van der Waals surface area contributed by atoms with Crippen molar-refractivity contribution in [2.45, 2.75) is 56.8 Å². The van der Waals surface area contributed by atoms with Crippen LogP contribution in [0.25, 0.3) is 0 Å². The van der Waals surface area contributed by atoms with Crippen LogP contribution in [0.4, 0.5) is 8.78 Å². The number of benzene rings is 1. The topological polar surface area (TPSA) is 37.3 Å². The summed E-state index contributed by atoms with van der Waals surface area (Å²) < 4.78 is 26.7. The first kappa shape index (κ1) is 14.9. The molecule has 1 saturated carbocycles. The van der Waals surface area contributed by atoms with Gasteiger partial charge in [-0.1, -0.05) is 38.1 Å². The van der Waals surface area contributed by atoms with Crippen LogP contribution in [0.3, 0.4) is 0 Å². The molecule has 0 aliphatic heterocycles. The number of hydrogen-bond acceptors (Lipinski definition) is 1. The van der Waals surface area contributed by atoms with Crippen molar-refractivity contribution in [2.75, 3.05) is 0 Å². The minimum absolute atomic E-state index is 0.00309. The number of rotatable bonds is 3. The first-order valence-electron chi connectivity index (χ1n) is 6.98. The molecule has 0 radical (unpaired) electrons. The van der Waals surface area contributed by atoms with Gasteiger partial charge in [0.1, 0.15) is 0 Å². The van der Waals surface area contributed by atoms with Gasteiger partial charge in [-0.2, -0.15) is 0 Å². The Balaban J connectivity index is 2.39. The lowest BCUT2D eigenvalue weighted by Gasteiger charge is -2.37. The van der Waals surface area contributed by atoms with E-state index in [4.69, 9.17) is 0 Å². The van der Waals surface area contributed by atoms with Crippen molar-refractivity contribution >= 4 is 5.97 Å². The van der Waals surface area contributed by atoms with Crippen molar-refractivity contribution in [2.24, 2.45) is 0 Å². The van der Waals surface area contributed by atoms with E-state index in [0.29, 0.717) is 5.56 Å². The SMILES string of the molecule is CC(C)c1cccc(C2(C(=O)O)CCC(F)(F)CC2)c1. The molecular weight excluding hydrogens is 262 g/mol. The zero-order chi connectivity index (χ0) is 15.0. The number of hydrogen-bond donors (Lipinski definition) is 1. The summed E-state index contributed by atoms with van der Waals surface area (Å²) in [5.74, 6) is -3.44. The number of carboxylic acid groups (broad SMARTS) is 1. The highest BCUT2D eigenvalue weighted by Gasteiger charge is 2.49. The van der Waals surface area contributed by atoms with E-state index in [1.807, 2.05) is 32.0 Å². The van der Waals surface area contributed by atoms with E-state index in [9.17, 15) is 18.7 Å². The second-order valence-electron chi connectivity index (χ2n) is 6.02. The average Bonchev–Trinajstić information content (AvgIpc) is 2.39. The zero-order valence-electron chi connectivity index (χ0n) is 11.8. The third-order valence-electron chi connectivity index (χ3n) is 4.35. The average molecular weight is 282 g/mol. The lowest BCUT2D eigenvalue weighted by molar-refractivity contribution is -0.149. The van der Waals surface area contributed by atoms with Gasteiger partial charge < -0.3 is 5.11 Å². The third-order valence-corrected chi connectivity index (χ3v) is 4.35. The number of carbonyl (C=O) groups is 1. The molecule has 0 unspecified atom stereocenters. The maximum Gasteiger partial charge on any atom is 0.314 e. The first-order valence-corrected chi connectivity index (χ1v) is 6.98. The Morgan fingerprint density at radius 1 is 1.20 bits per heavy atom. The van der Waals surface area contributed by atoms with Crippen molar-refractivity contribution in [3.05, 3.63) is 35.4 Å². The highest BCUT2D eigenvalue weighted by atomic mass is 19.3. The van der Waals surface area contributed by atoms with Crippen molar-refractivity contribution in [3.63, 3.8) is 0 Å². The summed E-state index contributed by atoms with van der Waals surface area (Å²) in [4.78, 5) is 11.7. The Hall–Kier alpha value is -1.45. The van der Waals surface area contributed by atoms with Gasteiger partial charge in [-0.25, -0.2) is 8.78 Å². The van der Waals surface area contributed by atoms with Gasteiger partial charge in [0, 0.05) is 12.8 Å². The van der Waals surface area contributed by atoms with Crippen LogP contribution in [-0.2, 0) is 10.2 Å². The normalized spacial score (nSPS) is 20.9. The standard InChI is InChI=1S/C16H20F2O2/c1-11(2)12-4-3-5-13(10-12)15(14(19)20)6-8-16(17,18)9-7-15/h3-5,10-11H,6-9H2,1-2H3,(H,19,20). The van der Waals surface area contributed by atoms with E-state index in [0.717, 1.165) is 5.56 Å². The Morgan fingerprint density at radius 3 is 2.30 bits per heavy atom. The van der Waals surface area contributed by atoms with E-state index in [-0.39, 0.29) is 31.6 Å². The predicted molar refractivity (Wildman–Crippen MR) is 73.3 cm³/mol. The van der Waals surface area contributed by atoms with Gasteiger partial charge in [0.2, 0.25) is 5.92 Å². The minimum atomic E-state index is -2.73. The fourth-order valence-corrected chi connectivity index (χ4v) is 2.86. The quantitative estimate of drug-likeness (QED) is 0.895. The first-order chi connectivity index (χ1) is 9.27. The molecule has 1 N–H and O–H groups in total. The number of aliphatic carboxylic acids is 1. The molecule has 2 rings (SSSR count). The maximum absolute atomic E-state index is 13.3. The molecule has 4 heteroatoms. The van der Waals surface area contributed by atoms with Crippen LogP contribution >= 0.6 is 0 Å². The molecule has 0 amide bonds. The molecule has 0 saturated heterocycles. The molecule has 2 nitrogen and oxygen atoms in total. The summed E-state index contributed by atoms with van der Waals surface area (Å²) in [6.45, 7) is 4.06. The number of alkyl halides is 2. The smallest absolute Gasteiger partial charge is 0.314 e. The van der Waals surface area contributed by atoms with Crippen molar-refractivity contribution in [3.8, 4) is 0 Å². The maximum atomic E-state index is 13.3. The molecule has 0 atom stereocenters. The fourth-order valence-electron chi connectivity index (χ4n) is 2.86. The second-order valence-corrected chi connectivity index (χ2v) is 6.02. The number of carboxylic acids is 1. The van der Waals surface area contributed by atoms with Crippen LogP contribution in [-0.4, -0.2) is 17.0 Å². The zero-order valence-corrected chi connectivity index (χ0v) is 11.8. The molecule has 0 aromatic heterocycles. The third kappa shape index (κ3) is 2.69. The molecule has 1 fully saturated rings. The van der Waals surface area contributed by atoms with Gasteiger partial charge in [-0.3, -0.25) is 4.79 Å². The van der Waals surface area contributed by atoms with Crippen LogP contribution in [0.15, 0.2) is 24.3 Å². The molecule has 20 heavy (non-hydrogen) atoms. The summed E-state index contributed by atoms with van der Waals surface area (Å²) in [5.41, 5.74) is 0.541. The molecule has 1 aliphatic rings. The second kappa shape index (κ2) is 5.15. The summed E-state index contributed by atoms with van der Waals surface area (Å²) in [7, 11) is 0. The van der Waals surface area contributed by atoms with Gasteiger partial charge in [0.15, 0.2) is 0 Å². The lowest BCUT2D eigenvalue weighted by atomic mass is 9.68. The minimum Gasteiger partial charge on any atom is -0.481 e. The highest BCUT2D eigenvalue weighted by Crippen LogP contribution is 2.46. The van der Waals surface area contributed by atoms with Gasteiger partial charge in [0.25, 0.3) is 0 Å². The monoisotopic (exact) mass is 282 g/mol. The van der Waals surface area contributed by atoms with Crippen LogP contribution in [0, 0.1) is 0 Å². The summed E-state index contributed by atoms with van der Waals surface area (Å²) in [6.07, 6.45) is -0.718. The Bertz CT molecular complexity index is 499. The highest BCUT2D eigenvalue weighted by molar-refractivity contribution is 5.81. The van der Waals surface area contributed by atoms with Crippen LogP contribution in [0.5, 0.6) is 0 Å². The predicted octanol–water partition coefficient (Wildman–Crippen LogP) is 4.34. The van der Waals surface area contributed by atoms with Gasteiger partial charge >= 0.3 is 5.97 Å². The van der Waals surface area contributed by atoms with Crippen LogP contribution in [0.1, 0.15) is 56.6 Å². The number of halogens is 2. The van der Waals surface area contributed by atoms with Crippen molar-refractivity contribution < 1.29 is 18.7 Å². The summed E-state index contributed by atoms with van der Waals surface area (Å²) in [5, 5.41) is 9.60. The van der Waals surface area contributed by atoms with Gasteiger partial charge in [-0.05, 0) is 29.9 Å².